The minimum atomic E-state index is -1.14. The summed E-state index contributed by atoms with van der Waals surface area (Å²) in [6.45, 7) is 1.35. The third kappa shape index (κ3) is 3.18. The molecule has 6 nitrogen and oxygen atoms in total. The largest absolute Gasteiger partial charge is 0.495 e. The van der Waals surface area contributed by atoms with Gasteiger partial charge in [-0.15, -0.1) is 0 Å². The standard InChI is InChI=1S/C11H14N2O4/c1-6(14)13-8-5-7(10(12)11(15)16)3-4-9(8)17-2/h3-5,10H,12H2,1-2H3,(H,13,14)(H,15,16). The molecule has 17 heavy (non-hydrogen) atoms. The lowest BCUT2D eigenvalue weighted by Crippen LogP contribution is -2.21. The quantitative estimate of drug-likeness (QED) is 0.718. The van der Waals surface area contributed by atoms with Crippen molar-refractivity contribution in [1.29, 1.82) is 0 Å². The second-order valence-electron chi connectivity index (χ2n) is 3.46. The van der Waals surface area contributed by atoms with Crippen molar-refractivity contribution in [3.63, 3.8) is 0 Å². The van der Waals surface area contributed by atoms with E-state index in [1.807, 2.05) is 0 Å². The van der Waals surface area contributed by atoms with Gasteiger partial charge in [-0.05, 0) is 17.7 Å². The number of carbonyl (C=O) groups is 2. The van der Waals surface area contributed by atoms with E-state index in [1.165, 1.54) is 20.1 Å². The molecule has 6 heteroatoms. The number of carboxylic acids is 1. The zero-order valence-electron chi connectivity index (χ0n) is 9.56. The fourth-order valence-corrected chi connectivity index (χ4v) is 1.35. The van der Waals surface area contributed by atoms with Gasteiger partial charge in [0.1, 0.15) is 11.8 Å². The van der Waals surface area contributed by atoms with Gasteiger partial charge in [0.25, 0.3) is 0 Å². The number of carbonyl (C=O) groups excluding carboxylic acids is 1. The highest BCUT2D eigenvalue weighted by atomic mass is 16.5. The molecule has 1 rings (SSSR count). The normalized spacial score (nSPS) is 11.7. The van der Waals surface area contributed by atoms with Gasteiger partial charge in [-0.3, -0.25) is 9.59 Å². The predicted molar refractivity (Wildman–Crippen MR) is 61.9 cm³/mol. The number of carboxylic acid groups (broad SMARTS) is 1. The van der Waals surface area contributed by atoms with Crippen LogP contribution in [-0.4, -0.2) is 24.1 Å². The van der Waals surface area contributed by atoms with Crippen molar-refractivity contribution in [2.75, 3.05) is 12.4 Å². The number of hydrogen-bond acceptors (Lipinski definition) is 4. The lowest BCUT2D eigenvalue weighted by Gasteiger charge is -2.13. The Bertz CT molecular complexity index is 445. The van der Waals surface area contributed by atoms with Crippen LogP contribution in [0.2, 0.25) is 0 Å². The van der Waals surface area contributed by atoms with Crippen LogP contribution < -0.4 is 15.8 Å². The van der Waals surface area contributed by atoms with Crippen molar-refractivity contribution in [3.8, 4) is 5.75 Å². The summed E-state index contributed by atoms with van der Waals surface area (Å²) < 4.78 is 5.04. The van der Waals surface area contributed by atoms with E-state index >= 15 is 0 Å². The average Bonchev–Trinajstić information content (AvgIpc) is 2.27. The zero-order valence-corrected chi connectivity index (χ0v) is 9.56. The minimum Gasteiger partial charge on any atom is -0.495 e. The Labute approximate surface area is 98.4 Å². The Balaban J connectivity index is 3.12. The maximum Gasteiger partial charge on any atom is 0.325 e. The van der Waals surface area contributed by atoms with Crippen molar-refractivity contribution in [2.45, 2.75) is 13.0 Å². The summed E-state index contributed by atoms with van der Waals surface area (Å²) in [6.07, 6.45) is 0. The molecule has 0 aliphatic carbocycles. The Kier molecular flexibility index (Phi) is 4.06. The molecule has 0 bridgehead atoms. The first-order valence-corrected chi connectivity index (χ1v) is 4.89. The van der Waals surface area contributed by atoms with Gasteiger partial charge in [0.15, 0.2) is 0 Å². The highest BCUT2D eigenvalue weighted by molar-refractivity contribution is 5.90. The van der Waals surface area contributed by atoms with Crippen molar-refractivity contribution in [2.24, 2.45) is 5.73 Å². The van der Waals surface area contributed by atoms with Gasteiger partial charge in [0.05, 0.1) is 12.8 Å². The summed E-state index contributed by atoms with van der Waals surface area (Å²) in [5, 5.41) is 11.3. The molecule has 1 amide bonds. The molecule has 0 aliphatic rings. The summed E-state index contributed by atoms with van der Waals surface area (Å²) in [6, 6.07) is 3.46. The van der Waals surface area contributed by atoms with Crippen molar-refractivity contribution in [1.82, 2.24) is 0 Å². The first kappa shape index (κ1) is 13.0. The molecule has 0 radical (unpaired) electrons. The molecule has 1 unspecified atom stereocenters. The van der Waals surface area contributed by atoms with Gasteiger partial charge in [0.2, 0.25) is 5.91 Å². The minimum absolute atomic E-state index is 0.274. The number of aliphatic carboxylic acids is 1. The number of methoxy groups -OCH3 is 1. The second kappa shape index (κ2) is 5.31. The molecule has 92 valence electrons. The molecular weight excluding hydrogens is 224 g/mol. The topological polar surface area (TPSA) is 102 Å². The number of benzene rings is 1. The van der Waals surface area contributed by atoms with E-state index < -0.39 is 12.0 Å². The summed E-state index contributed by atoms with van der Waals surface area (Å²) in [5.74, 6) is -0.963. The molecule has 0 fully saturated rings. The second-order valence-corrected chi connectivity index (χ2v) is 3.46. The fourth-order valence-electron chi connectivity index (χ4n) is 1.35. The molecule has 0 heterocycles. The summed E-state index contributed by atoms with van der Waals surface area (Å²) in [4.78, 5) is 21.7. The van der Waals surface area contributed by atoms with E-state index in [-0.39, 0.29) is 5.91 Å². The number of nitrogens with one attached hydrogen (secondary N) is 1. The van der Waals surface area contributed by atoms with Crippen molar-refractivity contribution >= 4 is 17.6 Å². The van der Waals surface area contributed by atoms with Crippen LogP contribution in [-0.2, 0) is 9.59 Å². The molecule has 0 saturated carbocycles. The predicted octanol–water partition coefficient (Wildman–Crippen LogP) is 0.738. The number of ether oxygens (including phenoxy) is 1. The summed E-state index contributed by atoms with van der Waals surface area (Å²) in [5.41, 5.74) is 6.26. The Morgan fingerprint density at radius 3 is 2.59 bits per heavy atom. The summed E-state index contributed by atoms with van der Waals surface area (Å²) >= 11 is 0. The van der Waals surface area contributed by atoms with Crippen LogP contribution in [0.4, 0.5) is 5.69 Å². The van der Waals surface area contributed by atoms with Gasteiger partial charge < -0.3 is 20.9 Å². The van der Waals surface area contributed by atoms with Gasteiger partial charge >= 0.3 is 5.97 Å². The molecule has 1 aromatic rings. The number of rotatable bonds is 4. The Hall–Kier alpha value is -2.08. The highest BCUT2D eigenvalue weighted by Crippen LogP contribution is 2.27. The molecule has 1 aromatic carbocycles. The van der Waals surface area contributed by atoms with Crippen LogP contribution in [0, 0.1) is 0 Å². The molecule has 0 spiro atoms. The zero-order chi connectivity index (χ0) is 13.0. The Morgan fingerprint density at radius 1 is 1.47 bits per heavy atom. The molecule has 0 saturated heterocycles. The SMILES string of the molecule is COc1ccc(C(N)C(=O)O)cc1NC(C)=O. The molecular formula is C11H14N2O4. The molecule has 1 atom stereocenters. The fraction of sp³-hybridized carbons (Fsp3) is 0.273. The lowest BCUT2D eigenvalue weighted by atomic mass is 10.1. The van der Waals surface area contributed by atoms with E-state index in [0.717, 1.165) is 0 Å². The van der Waals surface area contributed by atoms with E-state index in [9.17, 15) is 9.59 Å². The lowest BCUT2D eigenvalue weighted by molar-refractivity contribution is -0.138. The van der Waals surface area contributed by atoms with Crippen LogP contribution in [0.5, 0.6) is 5.75 Å². The van der Waals surface area contributed by atoms with Gasteiger partial charge in [-0.2, -0.15) is 0 Å². The third-order valence-corrected chi connectivity index (χ3v) is 2.16. The third-order valence-electron chi connectivity index (χ3n) is 2.16. The first-order chi connectivity index (χ1) is 7.95. The van der Waals surface area contributed by atoms with E-state index in [0.29, 0.717) is 17.0 Å². The highest BCUT2D eigenvalue weighted by Gasteiger charge is 2.16. The van der Waals surface area contributed by atoms with E-state index in [1.54, 1.807) is 12.1 Å². The number of amides is 1. The maximum absolute atomic E-state index is 11.0. The monoisotopic (exact) mass is 238 g/mol. The maximum atomic E-state index is 11.0. The van der Waals surface area contributed by atoms with E-state index in [2.05, 4.69) is 5.32 Å². The van der Waals surface area contributed by atoms with Crippen molar-refractivity contribution < 1.29 is 19.4 Å². The van der Waals surface area contributed by atoms with Crippen LogP contribution in [0.1, 0.15) is 18.5 Å². The van der Waals surface area contributed by atoms with Crippen LogP contribution >= 0.6 is 0 Å². The number of nitrogens with two attached hydrogens (primary N) is 1. The van der Waals surface area contributed by atoms with Gasteiger partial charge in [-0.1, -0.05) is 6.07 Å². The first-order valence-electron chi connectivity index (χ1n) is 4.89. The van der Waals surface area contributed by atoms with Crippen molar-refractivity contribution in [3.05, 3.63) is 23.8 Å². The Morgan fingerprint density at radius 2 is 2.12 bits per heavy atom. The number of hydrogen-bond donors (Lipinski definition) is 3. The summed E-state index contributed by atoms with van der Waals surface area (Å²) in [7, 11) is 1.46. The smallest absolute Gasteiger partial charge is 0.325 e. The van der Waals surface area contributed by atoms with Crippen LogP contribution in [0.25, 0.3) is 0 Å². The molecule has 0 aromatic heterocycles. The van der Waals surface area contributed by atoms with Gasteiger partial charge in [0, 0.05) is 6.92 Å². The van der Waals surface area contributed by atoms with Crippen LogP contribution in [0.3, 0.4) is 0 Å². The van der Waals surface area contributed by atoms with E-state index in [4.69, 9.17) is 15.6 Å². The molecule has 0 aliphatic heterocycles. The molecule has 4 N–H and O–H groups in total. The van der Waals surface area contributed by atoms with Crippen LogP contribution in [0.15, 0.2) is 18.2 Å². The average molecular weight is 238 g/mol. The number of anilines is 1. The van der Waals surface area contributed by atoms with Gasteiger partial charge in [-0.25, -0.2) is 0 Å².